The van der Waals surface area contributed by atoms with Crippen LogP contribution in [0, 0.1) is 13.8 Å². The van der Waals surface area contributed by atoms with Crippen LogP contribution in [0.15, 0.2) is 42.5 Å². The Bertz CT molecular complexity index is 997. The highest BCUT2D eigenvalue weighted by atomic mass is 16.5. The summed E-state index contributed by atoms with van der Waals surface area (Å²) in [5.41, 5.74) is 5.24. The standard InChI is InChI=1S/C24H28N2O3/c1-17-15-22(25-24-18(2)14-19(27-3)16-21(17)24)20-6-4-5-7-23(20)29-13-10-26-8-11-28-12-9-26/h4-7,14-16H,8-13H2,1-3H3. The molecule has 0 atom stereocenters. The summed E-state index contributed by atoms with van der Waals surface area (Å²) < 4.78 is 17.0. The van der Waals surface area contributed by atoms with Crippen molar-refractivity contribution in [2.75, 3.05) is 46.6 Å². The number of aryl methyl sites for hydroxylation is 2. The van der Waals surface area contributed by atoms with Crippen LogP contribution in [-0.4, -0.2) is 56.4 Å². The van der Waals surface area contributed by atoms with Crippen LogP contribution < -0.4 is 9.47 Å². The van der Waals surface area contributed by atoms with Crippen LogP contribution in [0.25, 0.3) is 22.2 Å². The molecule has 4 rings (SSSR count). The predicted octanol–water partition coefficient (Wildman–Crippen LogP) is 4.24. The molecule has 1 aliphatic heterocycles. The predicted molar refractivity (Wildman–Crippen MR) is 116 cm³/mol. The maximum atomic E-state index is 6.17. The number of benzene rings is 2. The molecule has 2 aromatic carbocycles. The Morgan fingerprint density at radius 1 is 1.03 bits per heavy atom. The van der Waals surface area contributed by atoms with Crippen molar-refractivity contribution in [1.82, 2.24) is 9.88 Å². The fraction of sp³-hybridized carbons (Fsp3) is 0.375. The first kappa shape index (κ1) is 19.7. The Morgan fingerprint density at radius 3 is 2.62 bits per heavy atom. The molecule has 3 aromatic rings. The van der Waals surface area contributed by atoms with Crippen LogP contribution in [0.4, 0.5) is 0 Å². The van der Waals surface area contributed by atoms with E-state index in [4.69, 9.17) is 19.2 Å². The molecule has 1 fully saturated rings. The monoisotopic (exact) mass is 392 g/mol. The normalized spacial score (nSPS) is 14.9. The Hall–Kier alpha value is -2.63. The van der Waals surface area contributed by atoms with E-state index >= 15 is 0 Å². The highest BCUT2D eigenvalue weighted by Crippen LogP contribution is 2.33. The van der Waals surface area contributed by atoms with E-state index in [0.29, 0.717) is 6.61 Å². The van der Waals surface area contributed by atoms with Gasteiger partial charge in [-0.15, -0.1) is 0 Å². The third-order valence-corrected chi connectivity index (χ3v) is 5.45. The number of rotatable bonds is 6. The van der Waals surface area contributed by atoms with Crippen LogP contribution in [-0.2, 0) is 4.74 Å². The number of pyridine rings is 1. The molecule has 0 bridgehead atoms. The summed E-state index contributed by atoms with van der Waals surface area (Å²) in [4.78, 5) is 7.35. The van der Waals surface area contributed by atoms with Gasteiger partial charge >= 0.3 is 0 Å². The molecule has 0 radical (unpaired) electrons. The molecule has 2 heterocycles. The number of methoxy groups -OCH3 is 1. The van der Waals surface area contributed by atoms with Gasteiger partial charge in [0, 0.05) is 30.6 Å². The molecule has 5 heteroatoms. The molecule has 1 aliphatic rings. The van der Waals surface area contributed by atoms with E-state index in [1.54, 1.807) is 7.11 Å². The molecule has 5 nitrogen and oxygen atoms in total. The summed E-state index contributed by atoms with van der Waals surface area (Å²) in [7, 11) is 1.70. The van der Waals surface area contributed by atoms with E-state index in [9.17, 15) is 0 Å². The molecule has 0 amide bonds. The molecular formula is C24H28N2O3. The number of hydrogen-bond acceptors (Lipinski definition) is 5. The van der Waals surface area contributed by atoms with Crippen molar-refractivity contribution in [3.63, 3.8) is 0 Å². The van der Waals surface area contributed by atoms with Crippen LogP contribution >= 0.6 is 0 Å². The van der Waals surface area contributed by atoms with E-state index < -0.39 is 0 Å². The second kappa shape index (κ2) is 8.80. The second-order valence-corrected chi connectivity index (χ2v) is 7.46. The molecule has 29 heavy (non-hydrogen) atoms. The maximum Gasteiger partial charge on any atom is 0.128 e. The Labute approximate surface area is 172 Å². The number of nitrogens with zero attached hydrogens (tertiary/aromatic N) is 2. The lowest BCUT2D eigenvalue weighted by Gasteiger charge is -2.26. The molecule has 1 saturated heterocycles. The lowest BCUT2D eigenvalue weighted by Crippen LogP contribution is -2.38. The number of para-hydroxylation sites is 1. The molecule has 0 N–H and O–H groups in total. The number of morpholine rings is 1. The van der Waals surface area contributed by atoms with Gasteiger partial charge < -0.3 is 14.2 Å². The van der Waals surface area contributed by atoms with Crippen molar-refractivity contribution in [1.29, 1.82) is 0 Å². The minimum absolute atomic E-state index is 0.653. The van der Waals surface area contributed by atoms with Gasteiger partial charge in [-0.05, 0) is 55.3 Å². The number of fused-ring (bicyclic) bond motifs is 1. The van der Waals surface area contributed by atoms with Crippen molar-refractivity contribution >= 4 is 10.9 Å². The van der Waals surface area contributed by atoms with Gasteiger partial charge in [-0.2, -0.15) is 0 Å². The van der Waals surface area contributed by atoms with Gasteiger partial charge in [0.05, 0.1) is 31.5 Å². The minimum Gasteiger partial charge on any atom is -0.497 e. The number of ether oxygens (including phenoxy) is 3. The topological polar surface area (TPSA) is 43.8 Å². The van der Waals surface area contributed by atoms with E-state index in [1.165, 1.54) is 5.56 Å². The van der Waals surface area contributed by atoms with Gasteiger partial charge in [0.1, 0.15) is 18.1 Å². The van der Waals surface area contributed by atoms with E-state index in [0.717, 1.165) is 72.1 Å². The Balaban J connectivity index is 1.61. The first-order chi connectivity index (χ1) is 14.2. The Kier molecular flexibility index (Phi) is 5.97. The molecule has 1 aromatic heterocycles. The van der Waals surface area contributed by atoms with Crippen molar-refractivity contribution < 1.29 is 14.2 Å². The first-order valence-electron chi connectivity index (χ1n) is 10.1. The van der Waals surface area contributed by atoms with Gasteiger partial charge in [0.25, 0.3) is 0 Å². The van der Waals surface area contributed by atoms with Crippen LogP contribution in [0.1, 0.15) is 11.1 Å². The lowest BCUT2D eigenvalue weighted by atomic mass is 10.0. The molecule has 0 spiro atoms. The van der Waals surface area contributed by atoms with Crippen molar-refractivity contribution in [2.45, 2.75) is 13.8 Å². The summed E-state index contributed by atoms with van der Waals surface area (Å²) in [5, 5.41) is 1.12. The van der Waals surface area contributed by atoms with Crippen LogP contribution in [0.3, 0.4) is 0 Å². The fourth-order valence-electron chi connectivity index (χ4n) is 3.80. The maximum absolute atomic E-state index is 6.17. The van der Waals surface area contributed by atoms with Crippen LogP contribution in [0.2, 0.25) is 0 Å². The highest BCUT2D eigenvalue weighted by molar-refractivity contribution is 5.89. The molecule has 0 saturated carbocycles. The number of aromatic nitrogens is 1. The zero-order valence-electron chi connectivity index (χ0n) is 17.4. The van der Waals surface area contributed by atoms with Gasteiger partial charge in [0.15, 0.2) is 0 Å². The number of hydrogen-bond donors (Lipinski definition) is 0. The largest absolute Gasteiger partial charge is 0.497 e. The summed E-state index contributed by atoms with van der Waals surface area (Å²) >= 11 is 0. The van der Waals surface area contributed by atoms with Crippen molar-refractivity contribution in [3.8, 4) is 22.8 Å². The van der Waals surface area contributed by atoms with Gasteiger partial charge in [-0.25, -0.2) is 4.98 Å². The molecule has 0 unspecified atom stereocenters. The summed E-state index contributed by atoms with van der Waals surface area (Å²) in [6.45, 7) is 9.31. The van der Waals surface area contributed by atoms with E-state index in [2.05, 4.69) is 36.9 Å². The molecule has 0 aliphatic carbocycles. The smallest absolute Gasteiger partial charge is 0.128 e. The zero-order valence-corrected chi connectivity index (χ0v) is 17.4. The minimum atomic E-state index is 0.653. The van der Waals surface area contributed by atoms with Crippen LogP contribution in [0.5, 0.6) is 11.5 Å². The molecule has 152 valence electrons. The van der Waals surface area contributed by atoms with E-state index in [1.807, 2.05) is 24.3 Å². The second-order valence-electron chi connectivity index (χ2n) is 7.46. The van der Waals surface area contributed by atoms with Gasteiger partial charge in [-0.3, -0.25) is 4.90 Å². The Morgan fingerprint density at radius 2 is 1.83 bits per heavy atom. The fourth-order valence-corrected chi connectivity index (χ4v) is 3.80. The average molecular weight is 392 g/mol. The van der Waals surface area contributed by atoms with E-state index in [-0.39, 0.29) is 0 Å². The third-order valence-electron chi connectivity index (χ3n) is 5.45. The summed E-state index contributed by atoms with van der Waals surface area (Å²) in [6.07, 6.45) is 0. The van der Waals surface area contributed by atoms with Gasteiger partial charge in [-0.1, -0.05) is 12.1 Å². The average Bonchev–Trinajstić information content (AvgIpc) is 2.75. The van der Waals surface area contributed by atoms with Gasteiger partial charge in [0.2, 0.25) is 0 Å². The summed E-state index contributed by atoms with van der Waals surface area (Å²) in [5.74, 6) is 1.73. The quantitative estimate of drug-likeness (QED) is 0.628. The van der Waals surface area contributed by atoms with Crippen molar-refractivity contribution in [2.24, 2.45) is 0 Å². The lowest BCUT2D eigenvalue weighted by molar-refractivity contribution is 0.0323. The SMILES string of the molecule is COc1cc(C)c2nc(-c3ccccc3OCCN3CCOCC3)cc(C)c2c1. The third kappa shape index (κ3) is 4.36. The summed E-state index contributed by atoms with van der Waals surface area (Å²) in [6, 6.07) is 14.4. The first-order valence-corrected chi connectivity index (χ1v) is 10.1. The highest BCUT2D eigenvalue weighted by Gasteiger charge is 2.14. The van der Waals surface area contributed by atoms with Crippen molar-refractivity contribution in [3.05, 3.63) is 53.6 Å². The zero-order chi connectivity index (χ0) is 20.2. The molecular weight excluding hydrogens is 364 g/mol.